The van der Waals surface area contributed by atoms with Gasteiger partial charge in [-0.3, -0.25) is 10.2 Å². The van der Waals surface area contributed by atoms with Crippen molar-refractivity contribution in [2.75, 3.05) is 32.9 Å². The zero-order valence-corrected chi connectivity index (χ0v) is 10.6. The van der Waals surface area contributed by atoms with E-state index in [2.05, 4.69) is 17.3 Å². The molecule has 19 heavy (non-hydrogen) atoms. The molecule has 0 saturated carbocycles. The molecular weight excluding hydrogens is 244 g/mol. The predicted molar refractivity (Wildman–Crippen MR) is 70.3 cm³/mol. The maximum absolute atomic E-state index is 12.2. The fourth-order valence-corrected chi connectivity index (χ4v) is 1.80. The smallest absolute Gasteiger partial charge is 0.266 e. The third-order valence-corrected chi connectivity index (χ3v) is 2.74. The maximum Gasteiger partial charge on any atom is 0.266 e. The van der Waals surface area contributed by atoms with E-state index in [0.717, 1.165) is 0 Å². The van der Waals surface area contributed by atoms with Crippen LogP contribution in [0, 0.1) is 11.8 Å². The number of hydrogen-bond acceptors (Lipinski definition) is 4. The van der Waals surface area contributed by atoms with Crippen molar-refractivity contribution in [1.82, 2.24) is 10.4 Å². The molecule has 1 saturated heterocycles. The first kappa shape index (κ1) is 13.6. The lowest BCUT2D eigenvalue weighted by Crippen LogP contribution is -2.48. The number of hydrazine groups is 1. The number of morpholine rings is 1. The van der Waals surface area contributed by atoms with E-state index in [1.54, 1.807) is 18.2 Å². The largest absolute Gasteiger partial charge is 0.384 e. The zero-order chi connectivity index (χ0) is 13.5. The molecule has 0 aliphatic carbocycles. The molecule has 1 fully saturated rings. The first-order valence-electron chi connectivity index (χ1n) is 6.13. The van der Waals surface area contributed by atoms with Gasteiger partial charge in [-0.1, -0.05) is 24.0 Å². The van der Waals surface area contributed by atoms with Crippen LogP contribution in [-0.2, 0) is 4.74 Å². The van der Waals surface area contributed by atoms with E-state index in [0.29, 0.717) is 37.4 Å². The Kier molecular flexibility index (Phi) is 4.93. The minimum atomic E-state index is -0.223. The highest BCUT2D eigenvalue weighted by Crippen LogP contribution is 2.07. The molecule has 2 N–H and O–H groups in total. The van der Waals surface area contributed by atoms with Crippen LogP contribution in [0.5, 0.6) is 0 Å². The van der Waals surface area contributed by atoms with Gasteiger partial charge in [-0.15, -0.1) is 0 Å². The van der Waals surface area contributed by atoms with Crippen molar-refractivity contribution in [2.45, 2.75) is 0 Å². The number of amides is 1. The fourth-order valence-electron chi connectivity index (χ4n) is 1.80. The number of hydrogen-bond donors (Lipinski definition) is 2. The molecule has 5 heteroatoms. The molecule has 1 aliphatic rings. The molecule has 1 amide bonds. The standard InChI is InChI=1S/C14H16N2O3/c17-9-3-5-12-4-1-2-6-13(12)14(18)15-16-7-10-19-11-8-16/h1-2,4,6,17H,7-11H2,(H,15,18). The SMILES string of the molecule is O=C(NN1CCOCC1)c1ccccc1C#CCO. The molecule has 0 bridgehead atoms. The Morgan fingerprint density at radius 2 is 2.11 bits per heavy atom. The highest BCUT2D eigenvalue weighted by molar-refractivity contribution is 5.96. The van der Waals surface area contributed by atoms with Gasteiger partial charge in [-0.2, -0.15) is 0 Å². The van der Waals surface area contributed by atoms with Crippen LogP contribution >= 0.6 is 0 Å². The van der Waals surface area contributed by atoms with Gasteiger partial charge in [0.15, 0.2) is 0 Å². The maximum atomic E-state index is 12.2. The first-order chi connectivity index (χ1) is 9.31. The summed E-state index contributed by atoms with van der Waals surface area (Å²) in [5, 5.41) is 10.6. The number of aliphatic hydroxyl groups is 1. The number of carbonyl (C=O) groups excluding carboxylic acids is 1. The van der Waals surface area contributed by atoms with Gasteiger partial charge >= 0.3 is 0 Å². The highest BCUT2D eigenvalue weighted by Gasteiger charge is 2.15. The van der Waals surface area contributed by atoms with Gasteiger partial charge in [0.25, 0.3) is 5.91 Å². The average Bonchev–Trinajstić information content (AvgIpc) is 2.46. The summed E-state index contributed by atoms with van der Waals surface area (Å²) >= 11 is 0. The molecule has 2 rings (SSSR count). The van der Waals surface area contributed by atoms with Crippen molar-refractivity contribution < 1.29 is 14.6 Å². The molecule has 1 heterocycles. The monoisotopic (exact) mass is 260 g/mol. The first-order valence-corrected chi connectivity index (χ1v) is 6.13. The summed E-state index contributed by atoms with van der Waals surface area (Å²) in [4.78, 5) is 12.2. The van der Waals surface area contributed by atoms with Gasteiger partial charge in [0.05, 0.1) is 18.8 Å². The second kappa shape index (κ2) is 6.90. The van der Waals surface area contributed by atoms with Crippen molar-refractivity contribution >= 4 is 5.91 Å². The summed E-state index contributed by atoms with van der Waals surface area (Å²) in [5.74, 6) is 5.14. The van der Waals surface area contributed by atoms with Crippen LogP contribution in [0.25, 0.3) is 0 Å². The van der Waals surface area contributed by atoms with Gasteiger partial charge in [-0.25, -0.2) is 5.01 Å². The Hall–Kier alpha value is -1.87. The predicted octanol–water partition coefficient (Wildman–Crippen LogP) is 0.00740. The molecule has 0 unspecified atom stereocenters. The van der Waals surface area contributed by atoms with Crippen LogP contribution in [0.1, 0.15) is 15.9 Å². The number of carbonyl (C=O) groups is 1. The van der Waals surface area contributed by atoms with Crippen LogP contribution in [0.15, 0.2) is 24.3 Å². The third-order valence-electron chi connectivity index (χ3n) is 2.74. The second-order valence-electron chi connectivity index (χ2n) is 4.05. The average molecular weight is 260 g/mol. The van der Waals surface area contributed by atoms with E-state index in [-0.39, 0.29) is 12.5 Å². The Morgan fingerprint density at radius 3 is 2.84 bits per heavy atom. The van der Waals surface area contributed by atoms with Crippen molar-refractivity contribution in [1.29, 1.82) is 0 Å². The van der Waals surface area contributed by atoms with Crippen molar-refractivity contribution in [3.63, 3.8) is 0 Å². The molecule has 0 radical (unpaired) electrons. The van der Waals surface area contributed by atoms with Crippen molar-refractivity contribution in [3.05, 3.63) is 35.4 Å². The summed E-state index contributed by atoms with van der Waals surface area (Å²) in [6, 6.07) is 7.08. The van der Waals surface area contributed by atoms with E-state index >= 15 is 0 Å². The lowest BCUT2D eigenvalue weighted by Gasteiger charge is -2.27. The normalized spacial score (nSPS) is 15.4. The molecule has 0 spiro atoms. The summed E-state index contributed by atoms with van der Waals surface area (Å²) in [6.07, 6.45) is 0. The van der Waals surface area contributed by atoms with Crippen LogP contribution in [0.3, 0.4) is 0 Å². The molecule has 1 aliphatic heterocycles. The Morgan fingerprint density at radius 1 is 1.37 bits per heavy atom. The molecule has 1 aromatic carbocycles. The zero-order valence-electron chi connectivity index (χ0n) is 10.6. The molecule has 1 aromatic rings. The molecular formula is C14H16N2O3. The molecule has 100 valence electrons. The van der Waals surface area contributed by atoms with E-state index in [9.17, 15) is 4.79 Å². The summed E-state index contributed by atoms with van der Waals surface area (Å²) < 4.78 is 5.22. The van der Waals surface area contributed by atoms with Crippen molar-refractivity contribution in [2.24, 2.45) is 0 Å². The highest BCUT2D eigenvalue weighted by atomic mass is 16.5. The second-order valence-corrected chi connectivity index (χ2v) is 4.05. The quantitative estimate of drug-likeness (QED) is 0.735. The molecule has 0 aromatic heterocycles. The number of aliphatic hydroxyl groups excluding tert-OH is 1. The fraction of sp³-hybridized carbons (Fsp3) is 0.357. The Bertz CT molecular complexity index is 499. The minimum absolute atomic E-state index is 0.190. The van der Waals surface area contributed by atoms with E-state index < -0.39 is 0 Å². The Balaban J connectivity index is 2.09. The number of nitrogens with one attached hydrogen (secondary N) is 1. The van der Waals surface area contributed by atoms with E-state index in [1.165, 1.54) is 0 Å². The number of nitrogens with zero attached hydrogens (tertiary/aromatic N) is 1. The lowest BCUT2D eigenvalue weighted by molar-refractivity contribution is 0.0126. The Labute approximate surface area is 112 Å². The van der Waals surface area contributed by atoms with E-state index in [4.69, 9.17) is 9.84 Å². The summed E-state index contributed by atoms with van der Waals surface area (Å²) in [5.41, 5.74) is 3.96. The molecule has 5 nitrogen and oxygen atoms in total. The number of benzene rings is 1. The van der Waals surface area contributed by atoms with E-state index in [1.807, 2.05) is 11.1 Å². The number of ether oxygens (including phenoxy) is 1. The van der Waals surface area contributed by atoms with Crippen molar-refractivity contribution in [3.8, 4) is 11.8 Å². The van der Waals surface area contributed by atoms with Gasteiger partial charge in [0.2, 0.25) is 0 Å². The van der Waals surface area contributed by atoms with Gasteiger partial charge in [-0.05, 0) is 12.1 Å². The summed E-state index contributed by atoms with van der Waals surface area (Å²) in [6.45, 7) is 2.37. The topological polar surface area (TPSA) is 61.8 Å². The lowest BCUT2D eigenvalue weighted by atomic mass is 10.1. The van der Waals surface area contributed by atoms with Crippen LogP contribution in [0.4, 0.5) is 0 Å². The van der Waals surface area contributed by atoms with Crippen LogP contribution in [0.2, 0.25) is 0 Å². The molecule has 0 atom stereocenters. The van der Waals surface area contributed by atoms with Gasteiger partial charge < -0.3 is 9.84 Å². The van der Waals surface area contributed by atoms with Gasteiger partial charge in [0.1, 0.15) is 6.61 Å². The summed E-state index contributed by atoms with van der Waals surface area (Å²) in [7, 11) is 0. The minimum Gasteiger partial charge on any atom is -0.384 e. The third kappa shape index (κ3) is 3.80. The van der Waals surface area contributed by atoms with Crippen LogP contribution in [-0.4, -0.2) is 48.9 Å². The van der Waals surface area contributed by atoms with Gasteiger partial charge in [0, 0.05) is 18.7 Å². The van der Waals surface area contributed by atoms with Crippen LogP contribution < -0.4 is 5.43 Å². The number of rotatable bonds is 2.